The summed E-state index contributed by atoms with van der Waals surface area (Å²) in [5, 5.41) is 2.68. The smallest absolute Gasteiger partial charge is 0.228 e. The lowest BCUT2D eigenvalue weighted by atomic mass is 10.0. The molecule has 27 heavy (non-hydrogen) atoms. The molecule has 0 saturated heterocycles. The molecule has 0 atom stereocenters. The van der Waals surface area contributed by atoms with Crippen molar-refractivity contribution >= 4 is 17.3 Å². The number of hydrogen-bond acceptors (Lipinski definition) is 5. The molecule has 0 radical (unpaired) electrons. The average Bonchev–Trinajstić information content (AvgIpc) is 3.54. The summed E-state index contributed by atoms with van der Waals surface area (Å²) >= 11 is 0. The normalized spacial score (nSPS) is 15.1. The molecule has 1 aliphatic rings. The third-order valence-electron chi connectivity index (χ3n) is 3.97. The number of rotatable bonds is 6. The van der Waals surface area contributed by atoms with Crippen LogP contribution in [0.25, 0.3) is 16.8 Å². The zero-order chi connectivity index (χ0) is 19.4. The van der Waals surface area contributed by atoms with Gasteiger partial charge in [-0.2, -0.15) is 0 Å². The molecule has 1 amide bonds. The molecule has 3 N–H and O–H groups in total. The van der Waals surface area contributed by atoms with E-state index in [2.05, 4.69) is 26.8 Å². The number of nitrogens with zero attached hydrogens (tertiary/aromatic N) is 3. The number of aromatic nitrogens is 3. The summed E-state index contributed by atoms with van der Waals surface area (Å²) in [4.78, 5) is 24.4. The molecule has 0 aliphatic heterocycles. The molecule has 2 aromatic heterocycles. The second kappa shape index (κ2) is 7.86. The molecule has 1 fully saturated rings. The maximum atomic E-state index is 14.3. The van der Waals surface area contributed by atoms with Gasteiger partial charge in [-0.3, -0.25) is 9.78 Å². The van der Waals surface area contributed by atoms with E-state index in [0.717, 1.165) is 18.9 Å². The predicted octanol–water partition coefficient (Wildman–Crippen LogP) is 3.52. The first-order valence-electron chi connectivity index (χ1n) is 8.23. The van der Waals surface area contributed by atoms with Gasteiger partial charge in [0.15, 0.2) is 11.6 Å². The zero-order valence-corrected chi connectivity index (χ0v) is 14.3. The Morgan fingerprint density at radius 2 is 2.00 bits per heavy atom. The van der Waals surface area contributed by atoms with E-state index in [-0.39, 0.29) is 29.0 Å². The monoisotopic (exact) mass is 369 g/mol. The highest BCUT2D eigenvalue weighted by atomic mass is 19.1. The topological polar surface area (TPSA) is 93.8 Å². The number of amides is 1. The Labute approximate surface area is 154 Å². The molecule has 0 aromatic carbocycles. The fraction of sp³-hybridized carbons (Fsp3) is 0.158. The van der Waals surface area contributed by atoms with E-state index in [1.807, 2.05) is 0 Å². The predicted molar refractivity (Wildman–Crippen MR) is 98.2 cm³/mol. The van der Waals surface area contributed by atoms with Gasteiger partial charge in [-0.25, -0.2) is 18.7 Å². The Kier molecular flexibility index (Phi) is 5.35. The number of pyridine rings is 1. The van der Waals surface area contributed by atoms with Crippen LogP contribution in [-0.2, 0) is 4.79 Å². The van der Waals surface area contributed by atoms with Crippen LogP contribution in [0.5, 0.6) is 0 Å². The van der Waals surface area contributed by atoms with Crippen molar-refractivity contribution in [2.24, 2.45) is 11.7 Å². The van der Waals surface area contributed by atoms with Crippen LogP contribution in [-0.4, -0.2) is 20.9 Å². The quantitative estimate of drug-likeness (QED) is 0.760. The Balaban J connectivity index is 2.15. The molecule has 1 saturated carbocycles. The SMILES string of the molecule is C=C/C(F)=C(\C(F)=C/N)c1ncc(NC(=O)C2CC2)nc1-c1ccncc1. The number of halogens is 2. The molecule has 1 aliphatic carbocycles. The Bertz CT molecular complexity index is 936. The lowest BCUT2D eigenvalue weighted by Gasteiger charge is -2.13. The summed E-state index contributed by atoms with van der Waals surface area (Å²) in [5.74, 6) is -1.93. The minimum absolute atomic E-state index is 0.0258. The molecule has 0 spiro atoms. The van der Waals surface area contributed by atoms with E-state index < -0.39 is 17.2 Å². The summed E-state index contributed by atoms with van der Waals surface area (Å²) < 4.78 is 28.6. The highest BCUT2D eigenvalue weighted by Gasteiger charge is 2.30. The standard InChI is InChI=1S/C19H17F2N5O/c1-2-13(20)16(14(21)9-22)18-17(11-5-7-23-8-6-11)25-15(10-24-18)26-19(27)12-3-4-12/h2,5-10,12H,1,3-4,22H2,(H,25,26,27)/b14-9+,16-13-. The summed E-state index contributed by atoms with van der Waals surface area (Å²) in [5.41, 5.74) is 5.41. The molecule has 3 rings (SSSR count). The van der Waals surface area contributed by atoms with Crippen molar-refractivity contribution in [1.82, 2.24) is 15.0 Å². The largest absolute Gasteiger partial charge is 0.402 e. The molecule has 6 nitrogen and oxygen atoms in total. The molecule has 138 valence electrons. The zero-order valence-electron chi connectivity index (χ0n) is 14.3. The maximum Gasteiger partial charge on any atom is 0.228 e. The number of nitrogens with two attached hydrogens (primary N) is 1. The fourth-order valence-electron chi connectivity index (χ4n) is 2.44. The molecule has 8 heteroatoms. The minimum atomic E-state index is -1.01. The first kappa shape index (κ1) is 18.4. The van der Waals surface area contributed by atoms with Gasteiger partial charge in [0.2, 0.25) is 5.91 Å². The van der Waals surface area contributed by atoms with Gasteiger partial charge in [0.25, 0.3) is 0 Å². The maximum absolute atomic E-state index is 14.3. The van der Waals surface area contributed by atoms with Gasteiger partial charge in [-0.15, -0.1) is 0 Å². The Morgan fingerprint density at radius 3 is 2.59 bits per heavy atom. The average molecular weight is 369 g/mol. The Hall–Kier alpha value is -3.42. The van der Waals surface area contributed by atoms with Crippen molar-refractivity contribution in [1.29, 1.82) is 0 Å². The molecule has 2 aromatic rings. The van der Waals surface area contributed by atoms with Crippen molar-refractivity contribution < 1.29 is 13.6 Å². The second-order valence-electron chi connectivity index (χ2n) is 5.89. The van der Waals surface area contributed by atoms with Gasteiger partial charge in [0, 0.05) is 30.1 Å². The van der Waals surface area contributed by atoms with Crippen LogP contribution in [0.15, 0.2) is 61.2 Å². The van der Waals surface area contributed by atoms with E-state index in [0.29, 0.717) is 11.8 Å². The van der Waals surface area contributed by atoms with Crippen LogP contribution < -0.4 is 11.1 Å². The number of anilines is 1. The van der Waals surface area contributed by atoms with E-state index in [1.165, 1.54) is 18.6 Å². The van der Waals surface area contributed by atoms with E-state index in [4.69, 9.17) is 5.73 Å². The van der Waals surface area contributed by atoms with E-state index in [1.54, 1.807) is 12.1 Å². The molecular weight excluding hydrogens is 352 g/mol. The van der Waals surface area contributed by atoms with Gasteiger partial charge in [-0.05, 0) is 31.1 Å². The van der Waals surface area contributed by atoms with Crippen molar-refractivity contribution in [3.05, 3.63) is 66.9 Å². The third-order valence-corrected chi connectivity index (χ3v) is 3.97. The van der Waals surface area contributed by atoms with Gasteiger partial charge in [0.05, 0.1) is 17.5 Å². The van der Waals surface area contributed by atoms with Gasteiger partial charge < -0.3 is 11.1 Å². The van der Waals surface area contributed by atoms with Gasteiger partial charge in [-0.1, -0.05) is 6.58 Å². The van der Waals surface area contributed by atoms with Gasteiger partial charge >= 0.3 is 0 Å². The van der Waals surface area contributed by atoms with Crippen LogP contribution in [0.3, 0.4) is 0 Å². The molecule has 0 bridgehead atoms. The first-order chi connectivity index (χ1) is 13.0. The number of carbonyl (C=O) groups is 1. The van der Waals surface area contributed by atoms with Crippen LogP contribution in [0, 0.1) is 5.92 Å². The van der Waals surface area contributed by atoms with Crippen molar-refractivity contribution in [3.8, 4) is 11.3 Å². The summed E-state index contributed by atoms with van der Waals surface area (Å²) in [6.45, 7) is 3.33. The fourth-order valence-corrected chi connectivity index (χ4v) is 2.44. The number of nitrogens with one attached hydrogen (secondary N) is 1. The molecular formula is C19H17F2N5O. The highest BCUT2D eigenvalue weighted by molar-refractivity contribution is 5.94. The van der Waals surface area contributed by atoms with Crippen LogP contribution >= 0.6 is 0 Å². The molecule has 0 unspecified atom stereocenters. The van der Waals surface area contributed by atoms with E-state index >= 15 is 0 Å². The van der Waals surface area contributed by atoms with Crippen LogP contribution in [0.4, 0.5) is 14.6 Å². The van der Waals surface area contributed by atoms with Gasteiger partial charge in [0.1, 0.15) is 11.5 Å². The lowest BCUT2D eigenvalue weighted by Crippen LogP contribution is -2.15. The van der Waals surface area contributed by atoms with Crippen molar-refractivity contribution in [2.45, 2.75) is 12.8 Å². The minimum Gasteiger partial charge on any atom is -0.402 e. The van der Waals surface area contributed by atoms with Crippen molar-refractivity contribution in [3.63, 3.8) is 0 Å². The lowest BCUT2D eigenvalue weighted by molar-refractivity contribution is -0.117. The van der Waals surface area contributed by atoms with Crippen LogP contribution in [0.1, 0.15) is 18.5 Å². The second-order valence-corrected chi connectivity index (χ2v) is 5.89. The number of hydrogen-bond donors (Lipinski definition) is 2. The number of allylic oxidation sites excluding steroid dienone is 4. The summed E-state index contributed by atoms with van der Waals surface area (Å²) in [6, 6.07) is 3.24. The van der Waals surface area contributed by atoms with E-state index in [9.17, 15) is 13.6 Å². The summed E-state index contributed by atoms with van der Waals surface area (Å²) in [7, 11) is 0. The van der Waals surface area contributed by atoms with Crippen LogP contribution in [0.2, 0.25) is 0 Å². The van der Waals surface area contributed by atoms with Crippen molar-refractivity contribution in [2.75, 3.05) is 5.32 Å². The molecule has 2 heterocycles. The third kappa shape index (κ3) is 4.05. The number of carbonyl (C=O) groups excluding carboxylic acids is 1. The highest BCUT2D eigenvalue weighted by Crippen LogP contribution is 2.34. The Morgan fingerprint density at radius 1 is 1.30 bits per heavy atom. The summed E-state index contributed by atoms with van der Waals surface area (Å²) in [6.07, 6.45) is 7.44. The first-order valence-corrected chi connectivity index (χ1v) is 8.23.